The van der Waals surface area contributed by atoms with Gasteiger partial charge in [0.25, 0.3) is 0 Å². The minimum absolute atomic E-state index is 0.0602. The third-order valence-electron chi connectivity index (χ3n) is 4.15. The summed E-state index contributed by atoms with van der Waals surface area (Å²) in [5, 5.41) is 8.73. The number of para-hydroxylation sites is 2. The smallest absolute Gasteiger partial charge is 0.247 e. The molecule has 7 nitrogen and oxygen atoms in total. The highest BCUT2D eigenvalue weighted by molar-refractivity contribution is 6.04. The van der Waals surface area contributed by atoms with Gasteiger partial charge in [-0.15, -0.1) is 0 Å². The lowest BCUT2D eigenvalue weighted by molar-refractivity contribution is -0.125. The first-order valence-electron chi connectivity index (χ1n) is 8.01. The molecule has 0 aromatic heterocycles. The molecule has 0 saturated carbocycles. The van der Waals surface area contributed by atoms with Crippen LogP contribution < -0.4 is 25.4 Å². The zero-order chi connectivity index (χ0) is 17.2. The van der Waals surface area contributed by atoms with Gasteiger partial charge in [-0.25, -0.2) is 0 Å². The third kappa shape index (κ3) is 3.21. The first-order chi connectivity index (χ1) is 12.2. The lowest BCUT2D eigenvalue weighted by atomic mass is 10.1. The molecule has 2 aliphatic heterocycles. The Hall–Kier alpha value is -3.22. The molecular weight excluding hydrogens is 322 g/mol. The second-order valence-electron chi connectivity index (χ2n) is 5.90. The van der Waals surface area contributed by atoms with Gasteiger partial charge in [0.15, 0.2) is 11.5 Å². The van der Waals surface area contributed by atoms with Crippen molar-refractivity contribution < 1.29 is 19.1 Å². The summed E-state index contributed by atoms with van der Waals surface area (Å²) < 4.78 is 10.6. The molecule has 0 radical (unpaired) electrons. The van der Waals surface area contributed by atoms with E-state index in [4.69, 9.17) is 9.47 Å². The number of nitrogens with one attached hydrogen (secondary N) is 3. The number of fused-ring (bicyclic) bond motifs is 2. The van der Waals surface area contributed by atoms with Crippen molar-refractivity contribution in [3.05, 3.63) is 48.0 Å². The van der Waals surface area contributed by atoms with Crippen molar-refractivity contribution in [2.45, 2.75) is 19.0 Å². The minimum Gasteiger partial charge on any atom is -0.454 e. The summed E-state index contributed by atoms with van der Waals surface area (Å²) in [6.45, 7) is 0.579. The summed E-state index contributed by atoms with van der Waals surface area (Å²) >= 11 is 0. The predicted octanol–water partition coefficient (Wildman–Crippen LogP) is 1.85. The van der Waals surface area contributed by atoms with Crippen LogP contribution in [0.25, 0.3) is 0 Å². The summed E-state index contributed by atoms with van der Waals surface area (Å²) in [4.78, 5) is 24.3. The number of ether oxygens (including phenoxy) is 2. The Kier molecular flexibility index (Phi) is 3.89. The zero-order valence-corrected chi connectivity index (χ0v) is 13.4. The maximum atomic E-state index is 12.2. The molecule has 2 heterocycles. The minimum atomic E-state index is -0.591. The van der Waals surface area contributed by atoms with Gasteiger partial charge in [-0.3, -0.25) is 9.59 Å². The maximum absolute atomic E-state index is 12.2. The van der Waals surface area contributed by atoms with E-state index in [9.17, 15) is 9.59 Å². The van der Waals surface area contributed by atoms with Gasteiger partial charge in [0.1, 0.15) is 6.04 Å². The summed E-state index contributed by atoms with van der Waals surface area (Å²) in [7, 11) is 0. The first-order valence-corrected chi connectivity index (χ1v) is 8.01. The standard InChI is InChI=1S/C18H17N3O4/c22-17(19-9-11-5-6-15-16(7-11)25-10-24-15)8-14-18(23)21-13-4-2-1-3-12(13)20-14/h1-7,14,20H,8-10H2,(H,19,22)(H,21,23)/t14-/m1/s1. The lowest BCUT2D eigenvalue weighted by Crippen LogP contribution is -2.42. The molecule has 7 heteroatoms. The highest BCUT2D eigenvalue weighted by Gasteiger charge is 2.27. The highest BCUT2D eigenvalue weighted by Crippen LogP contribution is 2.32. The van der Waals surface area contributed by atoms with E-state index in [0.717, 1.165) is 16.9 Å². The molecule has 2 aliphatic rings. The fourth-order valence-electron chi connectivity index (χ4n) is 2.84. The molecule has 4 rings (SSSR count). The molecular formula is C18H17N3O4. The monoisotopic (exact) mass is 339 g/mol. The van der Waals surface area contributed by atoms with Crippen LogP contribution in [0.5, 0.6) is 11.5 Å². The van der Waals surface area contributed by atoms with Crippen molar-refractivity contribution in [3.63, 3.8) is 0 Å². The molecule has 2 amide bonds. The Morgan fingerprint density at radius 1 is 1.12 bits per heavy atom. The summed E-state index contributed by atoms with van der Waals surface area (Å²) in [5.74, 6) is 0.968. The molecule has 0 spiro atoms. The van der Waals surface area contributed by atoms with Crippen molar-refractivity contribution in [1.82, 2.24) is 5.32 Å². The van der Waals surface area contributed by atoms with E-state index < -0.39 is 6.04 Å². The summed E-state index contributed by atoms with van der Waals surface area (Å²) in [5.41, 5.74) is 2.45. The predicted molar refractivity (Wildman–Crippen MR) is 91.5 cm³/mol. The van der Waals surface area contributed by atoms with Crippen LogP contribution in [-0.2, 0) is 16.1 Å². The Labute approximate surface area is 144 Å². The number of amides is 2. The van der Waals surface area contributed by atoms with Crippen LogP contribution in [0.15, 0.2) is 42.5 Å². The van der Waals surface area contributed by atoms with Gasteiger partial charge in [0.2, 0.25) is 18.6 Å². The van der Waals surface area contributed by atoms with E-state index >= 15 is 0 Å². The van der Waals surface area contributed by atoms with Crippen molar-refractivity contribution in [2.75, 3.05) is 17.4 Å². The zero-order valence-electron chi connectivity index (χ0n) is 13.4. The third-order valence-corrected chi connectivity index (χ3v) is 4.15. The van der Waals surface area contributed by atoms with Crippen LogP contribution >= 0.6 is 0 Å². The van der Waals surface area contributed by atoms with Crippen LogP contribution in [-0.4, -0.2) is 24.6 Å². The van der Waals surface area contributed by atoms with E-state index in [1.165, 1.54) is 0 Å². The Morgan fingerprint density at radius 3 is 2.80 bits per heavy atom. The van der Waals surface area contributed by atoms with Gasteiger partial charge in [-0.05, 0) is 29.8 Å². The van der Waals surface area contributed by atoms with Crippen molar-refractivity contribution >= 4 is 23.2 Å². The average Bonchev–Trinajstić information content (AvgIpc) is 3.08. The van der Waals surface area contributed by atoms with Gasteiger partial charge < -0.3 is 25.4 Å². The van der Waals surface area contributed by atoms with Crippen LogP contribution in [0.1, 0.15) is 12.0 Å². The topological polar surface area (TPSA) is 88.7 Å². The molecule has 2 aromatic rings. The summed E-state index contributed by atoms with van der Waals surface area (Å²) in [6.07, 6.45) is 0.0602. The molecule has 128 valence electrons. The van der Waals surface area contributed by atoms with Gasteiger partial charge in [0.05, 0.1) is 17.8 Å². The van der Waals surface area contributed by atoms with Crippen LogP contribution in [0, 0.1) is 0 Å². The Morgan fingerprint density at radius 2 is 1.92 bits per heavy atom. The SMILES string of the molecule is O=C(C[C@H]1Nc2ccccc2NC1=O)NCc1ccc2c(c1)OCO2. The number of anilines is 2. The van der Waals surface area contributed by atoms with E-state index in [1.807, 2.05) is 42.5 Å². The quantitative estimate of drug-likeness (QED) is 0.791. The molecule has 25 heavy (non-hydrogen) atoms. The molecule has 0 bridgehead atoms. The second kappa shape index (κ2) is 6.35. The van der Waals surface area contributed by atoms with Gasteiger partial charge in [-0.1, -0.05) is 18.2 Å². The van der Waals surface area contributed by atoms with Crippen molar-refractivity contribution in [1.29, 1.82) is 0 Å². The van der Waals surface area contributed by atoms with Crippen LogP contribution in [0.2, 0.25) is 0 Å². The van der Waals surface area contributed by atoms with Gasteiger partial charge in [-0.2, -0.15) is 0 Å². The van der Waals surface area contributed by atoms with E-state index in [-0.39, 0.29) is 25.0 Å². The molecule has 0 aliphatic carbocycles. The fraction of sp³-hybridized carbons (Fsp3) is 0.222. The van der Waals surface area contributed by atoms with Gasteiger partial charge in [0, 0.05) is 6.54 Å². The molecule has 1 atom stereocenters. The van der Waals surface area contributed by atoms with E-state index in [2.05, 4.69) is 16.0 Å². The Balaban J connectivity index is 1.34. The van der Waals surface area contributed by atoms with Crippen LogP contribution in [0.4, 0.5) is 11.4 Å². The molecule has 2 aromatic carbocycles. The number of rotatable bonds is 4. The van der Waals surface area contributed by atoms with Crippen molar-refractivity contribution in [2.24, 2.45) is 0 Å². The van der Waals surface area contributed by atoms with Gasteiger partial charge >= 0.3 is 0 Å². The molecule has 0 saturated heterocycles. The maximum Gasteiger partial charge on any atom is 0.247 e. The van der Waals surface area contributed by atoms with Crippen molar-refractivity contribution in [3.8, 4) is 11.5 Å². The second-order valence-corrected chi connectivity index (χ2v) is 5.90. The Bertz CT molecular complexity index is 837. The van der Waals surface area contributed by atoms with Crippen LogP contribution in [0.3, 0.4) is 0 Å². The molecule has 0 unspecified atom stereocenters. The fourth-order valence-corrected chi connectivity index (χ4v) is 2.84. The van der Waals surface area contributed by atoms with E-state index in [1.54, 1.807) is 0 Å². The number of hydrogen-bond acceptors (Lipinski definition) is 5. The number of carbonyl (C=O) groups excluding carboxylic acids is 2. The van der Waals surface area contributed by atoms with E-state index in [0.29, 0.717) is 18.0 Å². The lowest BCUT2D eigenvalue weighted by Gasteiger charge is -2.26. The number of benzene rings is 2. The first kappa shape index (κ1) is 15.3. The average molecular weight is 339 g/mol. The normalized spacial score (nSPS) is 17.3. The molecule has 3 N–H and O–H groups in total. The number of carbonyl (C=O) groups is 2. The highest BCUT2D eigenvalue weighted by atomic mass is 16.7. The summed E-state index contributed by atoms with van der Waals surface area (Å²) in [6, 6.07) is 12.3. The molecule has 0 fully saturated rings. The largest absolute Gasteiger partial charge is 0.454 e. The number of hydrogen-bond donors (Lipinski definition) is 3.